The number of hydrogen-bond acceptors (Lipinski definition) is 3. The molecule has 1 heterocycles. The van der Waals surface area contributed by atoms with E-state index < -0.39 is 0 Å². The van der Waals surface area contributed by atoms with Crippen LogP contribution >= 0.6 is 0 Å². The molecule has 1 N–H and O–H groups in total. The first-order valence-corrected chi connectivity index (χ1v) is 9.35. The van der Waals surface area contributed by atoms with Crippen LogP contribution in [0.5, 0.6) is 0 Å². The van der Waals surface area contributed by atoms with Gasteiger partial charge in [0.05, 0.1) is 24.8 Å². The highest BCUT2D eigenvalue weighted by Gasteiger charge is 2.24. The summed E-state index contributed by atoms with van der Waals surface area (Å²) in [6.07, 6.45) is 1.11. The van der Waals surface area contributed by atoms with Gasteiger partial charge in [-0.3, -0.25) is 4.99 Å². The molecule has 0 aromatic heterocycles. The molecule has 0 bridgehead atoms. The molecule has 0 saturated carbocycles. The van der Waals surface area contributed by atoms with Gasteiger partial charge in [-0.25, -0.2) is 0 Å². The van der Waals surface area contributed by atoms with Crippen LogP contribution in [0, 0.1) is 17.2 Å². The monoisotopic (exact) mass is 362 g/mol. The van der Waals surface area contributed by atoms with Crippen molar-refractivity contribution in [2.75, 3.05) is 26.7 Å². The lowest BCUT2D eigenvalue weighted by Gasteiger charge is -2.22. The van der Waals surface area contributed by atoms with Crippen molar-refractivity contribution in [3.8, 4) is 6.07 Å². The van der Waals surface area contributed by atoms with Gasteiger partial charge in [0.15, 0.2) is 5.96 Å². The third-order valence-corrected chi connectivity index (χ3v) is 4.77. The van der Waals surface area contributed by atoms with E-state index in [1.54, 1.807) is 0 Å². The van der Waals surface area contributed by atoms with E-state index in [9.17, 15) is 0 Å². The predicted molar refractivity (Wildman–Crippen MR) is 107 cm³/mol. The number of rotatable bonds is 6. The molecule has 140 valence electrons. The Labute approximate surface area is 161 Å². The molecule has 0 radical (unpaired) electrons. The fourth-order valence-corrected chi connectivity index (χ4v) is 3.34. The van der Waals surface area contributed by atoms with Gasteiger partial charge in [-0.05, 0) is 29.7 Å². The third kappa shape index (κ3) is 5.57. The van der Waals surface area contributed by atoms with Crippen molar-refractivity contribution in [3.05, 3.63) is 71.3 Å². The van der Waals surface area contributed by atoms with Gasteiger partial charge in [-0.1, -0.05) is 42.5 Å². The number of guanidine groups is 1. The van der Waals surface area contributed by atoms with E-state index in [1.165, 1.54) is 5.56 Å². The van der Waals surface area contributed by atoms with Crippen LogP contribution in [0.25, 0.3) is 0 Å². The second kappa shape index (κ2) is 9.75. The maximum Gasteiger partial charge on any atom is 0.193 e. The van der Waals surface area contributed by atoms with Crippen molar-refractivity contribution in [2.24, 2.45) is 10.9 Å². The Morgan fingerprint density at radius 1 is 1.22 bits per heavy atom. The zero-order valence-corrected chi connectivity index (χ0v) is 15.8. The molecule has 0 aliphatic carbocycles. The minimum absolute atomic E-state index is 0.522. The maximum absolute atomic E-state index is 9.02. The third-order valence-electron chi connectivity index (χ3n) is 4.77. The molecule has 3 rings (SSSR count). The molecule has 5 heteroatoms. The minimum Gasteiger partial charge on any atom is -0.376 e. The van der Waals surface area contributed by atoms with Crippen LogP contribution in [0.4, 0.5) is 0 Å². The highest BCUT2D eigenvalue weighted by atomic mass is 16.5. The molecule has 0 spiro atoms. The number of hydrogen-bond donors (Lipinski definition) is 1. The predicted octanol–water partition coefficient (Wildman–Crippen LogP) is 3.17. The molecule has 5 nitrogen and oxygen atoms in total. The smallest absolute Gasteiger partial charge is 0.193 e. The Bertz CT molecular complexity index is 797. The zero-order chi connectivity index (χ0) is 18.9. The lowest BCUT2D eigenvalue weighted by molar-refractivity contribution is 0.0906. The molecule has 1 aliphatic rings. The highest BCUT2D eigenvalue weighted by molar-refractivity contribution is 5.80. The van der Waals surface area contributed by atoms with Crippen molar-refractivity contribution < 1.29 is 4.74 Å². The fourth-order valence-electron chi connectivity index (χ4n) is 3.34. The van der Waals surface area contributed by atoms with Gasteiger partial charge in [0.25, 0.3) is 0 Å². The largest absolute Gasteiger partial charge is 0.376 e. The molecular formula is C22H26N4O. The standard InChI is InChI=1S/C22H26N4O/c1-24-22(25-14-20-9-5-8-19(12-20)13-23)26-11-10-21(15-26)17-27-16-18-6-3-2-4-7-18/h2-9,12,21H,10-11,14-17H2,1H3,(H,24,25). The molecule has 2 aromatic carbocycles. The summed E-state index contributed by atoms with van der Waals surface area (Å²) in [6.45, 7) is 4.03. The Morgan fingerprint density at radius 3 is 2.81 bits per heavy atom. The van der Waals surface area contributed by atoms with Crippen LogP contribution in [0.15, 0.2) is 59.6 Å². The summed E-state index contributed by atoms with van der Waals surface area (Å²) in [7, 11) is 1.81. The Kier molecular flexibility index (Phi) is 6.84. The summed E-state index contributed by atoms with van der Waals surface area (Å²) in [5.74, 6) is 1.43. The quantitative estimate of drug-likeness (QED) is 0.633. The molecule has 0 amide bonds. The highest BCUT2D eigenvalue weighted by Crippen LogP contribution is 2.17. The van der Waals surface area contributed by atoms with Crippen molar-refractivity contribution in [2.45, 2.75) is 19.6 Å². The van der Waals surface area contributed by atoms with Crippen LogP contribution < -0.4 is 5.32 Å². The first-order valence-electron chi connectivity index (χ1n) is 9.35. The van der Waals surface area contributed by atoms with Crippen LogP contribution in [-0.2, 0) is 17.9 Å². The SMILES string of the molecule is CN=C(NCc1cccc(C#N)c1)N1CCC(COCc2ccccc2)C1. The normalized spacial score (nSPS) is 17.0. The van der Waals surface area contributed by atoms with E-state index in [-0.39, 0.29) is 0 Å². The van der Waals surface area contributed by atoms with E-state index in [0.717, 1.165) is 37.6 Å². The Balaban J connectivity index is 1.44. The van der Waals surface area contributed by atoms with E-state index >= 15 is 0 Å². The molecule has 1 aliphatic heterocycles. The summed E-state index contributed by atoms with van der Waals surface area (Å²) in [5.41, 5.74) is 2.97. The van der Waals surface area contributed by atoms with Crippen LogP contribution in [0.3, 0.4) is 0 Å². The average molecular weight is 362 g/mol. The number of nitriles is 1. The van der Waals surface area contributed by atoms with Crippen LogP contribution in [-0.4, -0.2) is 37.6 Å². The van der Waals surface area contributed by atoms with Gasteiger partial charge in [0.1, 0.15) is 0 Å². The van der Waals surface area contributed by atoms with Crippen LogP contribution in [0.2, 0.25) is 0 Å². The van der Waals surface area contributed by atoms with E-state index in [0.29, 0.717) is 24.6 Å². The molecule has 2 aromatic rings. The number of nitrogens with one attached hydrogen (secondary N) is 1. The second-order valence-corrected chi connectivity index (χ2v) is 6.81. The van der Waals surface area contributed by atoms with Gasteiger partial charge in [0, 0.05) is 32.6 Å². The molecule has 1 saturated heterocycles. The summed E-state index contributed by atoms with van der Waals surface area (Å²) < 4.78 is 5.90. The lowest BCUT2D eigenvalue weighted by atomic mass is 10.1. The van der Waals surface area contributed by atoms with Crippen molar-refractivity contribution >= 4 is 5.96 Å². The Morgan fingerprint density at radius 2 is 2.04 bits per heavy atom. The van der Waals surface area contributed by atoms with Crippen molar-refractivity contribution in [3.63, 3.8) is 0 Å². The summed E-state index contributed by atoms with van der Waals surface area (Å²) in [6, 6.07) is 20.1. The number of aliphatic imine (C=N–C) groups is 1. The molecule has 27 heavy (non-hydrogen) atoms. The number of nitrogens with zero attached hydrogens (tertiary/aromatic N) is 3. The minimum atomic E-state index is 0.522. The summed E-state index contributed by atoms with van der Waals surface area (Å²) in [5, 5.41) is 12.4. The Hall–Kier alpha value is -2.84. The molecular weight excluding hydrogens is 336 g/mol. The number of likely N-dealkylation sites (tertiary alicyclic amines) is 1. The van der Waals surface area contributed by atoms with E-state index in [1.807, 2.05) is 49.5 Å². The first-order chi connectivity index (χ1) is 13.3. The number of benzene rings is 2. The molecule has 1 atom stereocenters. The topological polar surface area (TPSA) is 60.7 Å². The second-order valence-electron chi connectivity index (χ2n) is 6.81. The first kappa shape index (κ1) is 18.9. The molecule has 1 fully saturated rings. The summed E-state index contributed by atoms with van der Waals surface area (Å²) >= 11 is 0. The maximum atomic E-state index is 9.02. The fraction of sp³-hybridized carbons (Fsp3) is 0.364. The number of ether oxygens (including phenoxy) is 1. The zero-order valence-electron chi connectivity index (χ0n) is 15.8. The van der Waals surface area contributed by atoms with Gasteiger partial charge in [-0.2, -0.15) is 5.26 Å². The van der Waals surface area contributed by atoms with Crippen molar-refractivity contribution in [1.82, 2.24) is 10.2 Å². The van der Waals surface area contributed by atoms with Crippen molar-refractivity contribution in [1.29, 1.82) is 5.26 Å². The van der Waals surface area contributed by atoms with Crippen LogP contribution in [0.1, 0.15) is 23.1 Å². The molecule has 1 unspecified atom stereocenters. The average Bonchev–Trinajstić information content (AvgIpc) is 3.18. The summed E-state index contributed by atoms with van der Waals surface area (Å²) in [4.78, 5) is 6.70. The van der Waals surface area contributed by atoms with Gasteiger partial charge in [0.2, 0.25) is 0 Å². The van der Waals surface area contributed by atoms with Gasteiger partial charge >= 0.3 is 0 Å². The van der Waals surface area contributed by atoms with E-state index in [4.69, 9.17) is 10.00 Å². The van der Waals surface area contributed by atoms with Gasteiger partial charge in [-0.15, -0.1) is 0 Å². The van der Waals surface area contributed by atoms with E-state index in [2.05, 4.69) is 33.4 Å². The lowest BCUT2D eigenvalue weighted by Crippen LogP contribution is -2.39. The van der Waals surface area contributed by atoms with Gasteiger partial charge < -0.3 is 15.0 Å².